The van der Waals surface area contributed by atoms with Crippen LogP contribution in [0.5, 0.6) is 0 Å². The molecule has 1 amide bonds. The molecule has 1 aromatic rings. The van der Waals surface area contributed by atoms with E-state index in [9.17, 15) is 4.79 Å². The van der Waals surface area contributed by atoms with Crippen LogP contribution in [0.15, 0.2) is 23.9 Å². The molecule has 0 bridgehead atoms. The molecule has 0 aliphatic carbocycles. The molecule has 5 heteroatoms. The number of fused-ring (bicyclic) bond motifs is 1. The minimum atomic E-state index is 0.201. The van der Waals surface area contributed by atoms with Crippen LogP contribution in [-0.4, -0.2) is 56.9 Å². The summed E-state index contributed by atoms with van der Waals surface area (Å²) in [7, 11) is 2.12. The number of nitrogens with zero attached hydrogens (tertiary/aromatic N) is 2. The summed E-state index contributed by atoms with van der Waals surface area (Å²) < 4.78 is 11.1. The molecule has 0 saturated carbocycles. The Morgan fingerprint density at radius 2 is 1.93 bits per heavy atom. The van der Waals surface area contributed by atoms with Crippen molar-refractivity contribution in [1.82, 2.24) is 4.90 Å². The van der Waals surface area contributed by atoms with Crippen LogP contribution in [0, 0.1) is 5.92 Å². The van der Waals surface area contributed by atoms with E-state index in [4.69, 9.17) is 9.47 Å². The van der Waals surface area contributed by atoms with Gasteiger partial charge in [-0.1, -0.05) is 6.07 Å². The van der Waals surface area contributed by atoms with Crippen LogP contribution in [0.4, 0.5) is 5.69 Å². The smallest absolute Gasteiger partial charge is 0.261 e. The number of benzene rings is 1. The van der Waals surface area contributed by atoms with Gasteiger partial charge in [0.05, 0.1) is 11.3 Å². The Kier molecular flexibility index (Phi) is 4.89. The number of likely N-dealkylation sites (tertiary alicyclic amines) is 1. The van der Waals surface area contributed by atoms with E-state index < -0.39 is 0 Å². The molecule has 3 saturated heterocycles. The van der Waals surface area contributed by atoms with Gasteiger partial charge < -0.3 is 19.3 Å². The fraction of sp³-hybridized carbons (Fsp3) is 0.609. The topological polar surface area (TPSA) is 42.0 Å². The predicted octanol–water partition coefficient (Wildman–Crippen LogP) is 3.23. The van der Waals surface area contributed by atoms with Gasteiger partial charge in [0.15, 0.2) is 0 Å². The van der Waals surface area contributed by atoms with Crippen molar-refractivity contribution in [3.8, 4) is 0 Å². The van der Waals surface area contributed by atoms with Gasteiger partial charge in [-0.05, 0) is 62.1 Å². The molecule has 0 aromatic heterocycles. The van der Waals surface area contributed by atoms with E-state index in [2.05, 4.69) is 35.0 Å². The second-order valence-corrected chi connectivity index (χ2v) is 8.65. The van der Waals surface area contributed by atoms with E-state index in [-0.39, 0.29) is 11.9 Å². The molecule has 1 aromatic carbocycles. The zero-order valence-electron chi connectivity index (χ0n) is 16.8. The van der Waals surface area contributed by atoms with Gasteiger partial charge >= 0.3 is 0 Å². The first-order valence-corrected chi connectivity index (χ1v) is 10.8. The van der Waals surface area contributed by atoms with Crippen LogP contribution in [-0.2, 0) is 20.7 Å². The van der Waals surface area contributed by atoms with E-state index in [0.717, 1.165) is 88.3 Å². The van der Waals surface area contributed by atoms with Crippen molar-refractivity contribution in [3.63, 3.8) is 0 Å². The minimum Gasteiger partial charge on any atom is -0.381 e. The average molecular weight is 383 g/mol. The minimum absolute atomic E-state index is 0.201. The fourth-order valence-electron chi connectivity index (χ4n) is 5.25. The van der Waals surface area contributed by atoms with Gasteiger partial charge in [0.1, 0.15) is 0 Å². The Balaban J connectivity index is 1.55. The summed E-state index contributed by atoms with van der Waals surface area (Å²) in [5.74, 6) is 0.805. The predicted molar refractivity (Wildman–Crippen MR) is 109 cm³/mol. The van der Waals surface area contributed by atoms with Crippen LogP contribution in [0.3, 0.4) is 0 Å². The third-order valence-electron chi connectivity index (χ3n) is 6.78. The molecule has 0 spiro atoms. The third-order valence-corrected chi connectivity index (χ3v) is 6.78. The SMILES string of the molecule is CN1CCC/C1=C1/C(=O)N(C2CCOCC2)c2ccc(CC3CCOC3)cc21. The van der Waals surface area contributed by atoms with Crippen LogP contribution < -0.4 is 4.90 Å². The quantitative estimate of drug-likeness (QED) is 0.753. The third kappa shape index (κ3) is 3.15. The number of carbonyl (C=O) groups is 1. The summed E-state index contributed by atoms with van der Waals surface area (Å²) in [4.78, 5) is 18.0. The largest absolute Gasteiger partial charge is 0.381 e. The highest BCUT2D eigenvalue weighted by Gasteiger charge is 2.40. The molecule has 3 fully saturated rings. The van der Waals surface area contributed by atoms with E-state index in [0.29, 0.717) is 5.92 Å². The van der Waals surface area contributed by atoms with Crippen LogP contribution in [0.2, 0.25) is 0 Å². The molecule has 5 nitrogen and oxygen atoms in total. The number of hydrogen-bond acceptors (Lipinski definition) is 4. The molecule has 1 unspecified atom stereocenters. The molecule has 150 valence electrons. The number of anilines is 1. The Morgan fingerprint density at radius 3 is 2.64 bits per heavy atom. The van der Waals surface area contributed by atoms with Crippen LogP contribution >= 0.6 is 0 Å². The molecule has 5 rings (SSSR count). The Labute approximate surface area is 167 Å². The fourth-order valence-corrected chi connectivity index (χ4v) is 5.25. The van der Waals surface area contributed by atoms with Gasteiger partial charge in [0.2, 0.25) is 0 Å². The number of carbonyl (C=O) groups excluding carboxylic acids is 1. The molecule has 28 heavy (non-hydrogen) atoms. The van der Waals surface area contributed by atoms with Gasteiger partial charge in [-0.25, -0.2) is 0 Å². The lowest BCUT2D eigenvalue weighted by Gasteiger charge is -2.31. The molecule has 4 heterocycles. The van der Waals surface area contributed by atoms with Crippen molar-refractivity contribution in [3.05, 3.63) is 35.0 Å². The Hall–Kier alpha value is -1.85. The summed E-state index contributed by atoms with van der Waals surface area (Å²) in [5, 5.41) is 0. The van der Waals surface area contributed by atoms with Gasteiger partial charge in [-0.15, -0.1) is 0 Å². The second-order valence-electron chi connectivity index (χ2n) is 8.65. The number of rotatable bonds is 3. The maximum atomic E-state index is 13.6. The van der Waals surface area contributed by atoms with Crippen LogP contribution in [0.25, 0.3) is 5.57 Å². The lowest BCUT2D eigenvalue weighted by Crippen LogP contribution is -2.41. The summed E-state index contributed by atoms with van der Waals surface area (Å²) in [6, 6.07) is 6.96. The van der Waals surface area contributed by atoms with Crippen molar-refractivity contribution in [2.45, 2.75) is 44.6 Å². The summed E-state index contributed by atoms with van der Waals surface area (Å²) in [5.41, 5.74) is 5.76. The number of allylic oxidation sites excluding steroid dienone is 1. The molecule has 0 radical (unpaired) electrons. The average Bonchev–Trinajstić information content (AvgIpc) is 3.42. The maximum absolute atomic E-state index is 13.6. The van der Waals surface area contributed by atoms with Crippen molar-refractivity contribution < 1.29 is 14.3 Å². The zero-order valence-corrected chi connectivity index (χ0v) is 16.8. The molecule has 4 aliphatic rings. The Bertz CT molecular complexity index is 791. The Morgan fingerprint density at radius 1 is 1.11 bits per heavy atom. The van der Waals surface area contributed by atoms with E-state index >= 15 is 0 Å². The first kappa shape index (κ1) is 18.2. The van der Waals surface area contributed by atoms with E-state index in [1.165, 1.54) is 11.3 Å². The van der Waals surface area contributed by atoms with Crippen LogP contribution in [0.1, 0.15) is 43.2 Å². The van der Waals surface area contributed by atoms with Gasteiger partial charge in [-0.2, -0.15) is 0 Å². The molecule has 1 atom stereocenters. The number of hydrogen-bond donors (Lipinski definition) is 0. The lowest BCUT2D eigenvalue weighted by molar-refractivity contribution is -0.113. The summed E-state index contributed by atoms with van der Waals surface area (Å²) >= 11 is 0. The molecular formula is C23H30N2O3. The first-order valence-electron chi connectivity index (χ1n) is 10.8. The first-order chi connectivity index (χ1) is 13.7. The maximum Gasteiger partial charge on any atom is 0.261 e. The highest BCUT2D eigenvalue weighted by molar-refractivity contribution is 6.33. The number of amides is 1. The van der Waals surface area contributed by atoms with Gasteiger partial charge in [0, 0.05) is 57.3 Å². The molecule has 4 aliphatic heterocycles. The molecule has 0 N–H and O–H groups in total. The standard InChI is InChI=1S/C23H30N2O3/c1-24-9-2-3-21(24)22-19-14-16(13-17-6-10-28-15-17)4-5-20(19)25(23(22)26)18-7-11-27-12-8-18/h4-5,14,17-18H,2-3,6-13,15H2,1H3/b22-21-. The normalized spacial score (nSPS) is 28.5. The zero-order chi connectivity index (χ0) is 19.1. The highest BCUT2D eigenvalue weighted by atomic mass is 16.5. The van der Waals surface area contributed by atoms with Crippen molar-refractivity contribution in [1.29, 1.82) is 0 Å². The summed E-state index contributed by atoms with van der Waals surface area (Å²) in [6.45, 7) is 4.27. The lowest BCUT2D eigenvalue weighted by atomic mass is 9.95. The van der Waals surface area contributed by atoms with E-state index in [1.54, 1.807) is 0 Å². The van der Waals surface area contributed by atoms with Gasteiger partial charge in [-0.3, -0.25) is 4.79 Å². The van der Waals surface area contributed by atoms with Crippen molar-refractivity contribution in [2.24, 2.45) is 5.92 Å². The van der Waals surface area contributed by atoms with Crippen molar-refractivity contribution >= 4 is 17.2 Å². The molecular weight excluding hydrogens is 352 g/mol. The van der Waals surface area contributed by atoms with Gasteiger partial charge in [0.25, 0.3) is 5.91 Å². The monoisotopic (exact) mass is 382 g/mol. The summed E-state index contributed by atoms with van der Waals surface area (Å²) in [6.07, 6.45) is 6.15. The highest BCUT2D eigenvalue weighted by Crippen LogP contribution is 2.44. The number of ether oxygens (including phenoxy) is 2. The van der Waals surface area contributed by atoms with Crippen molar-refractivity contribution in [2.75, 3.05) is 44.9 Å². The van der Waals surface area contributed by atoms with E-state index in [1.807, 2.05) is 0 Å². The second kappa shape index (κ2) is 7.53.